The van der Waals surface area contributed by atoms with Gasteiger partial charge in [0.2, 0.25) is 11.8 Å². The van der Waals surface area contributed by atoms with Crippen LogP contribution in [0.25, 0.3) is 0 Å². The largest absolute Gasteiger partial charge is 0.424 e. The van der Waals surface area contributed by atoms with Gasteiger partial charge in [-0.2, -0.15) is 0 Å². The van der Waals surface area contributed by atoms with Crippen LogP contribution in [-0.4, -0.2) is 10.2 Å². The van der Waals surface area contributed by atoms with Crippen molar-refractivity contribution in [2.24, 2.45) is 11.7 Å². The Balaban J connectivity index is 1.95. The van der Waals surface area contributed by atoms with Crippen LogP contribution in [0.5, 0.6) is 0 Å². The van der Waals surface area contributed by atoms with E-state index in [0.29, 0.717) is 17.7 Å². The third-order valence-electron chi connectivity index (χ3n) is 3.39. The third kappa shape index (κ3) is 3.90. The molecule has 108 valence electrons. The SMILES string of the molecule is Cc1ccccc1CCc1nnc(C(N)CC(C)C)o1. The molecule has 0 aliphatic rings. The van der Waals surface area contributed by atoms with Crippen LogP contribution in [0.2, 0.25) is 0 Å². The number of nitrogens with zero attached hydrogens (tertiary/aromatic N) is 2. The van der Waals surface area contributed by atoms with E-state index in [4.69, 9.17) is 10.2 Å². The van der Waals surface area contributed by atoms with E-state index in [-0.39, 0.29) is 6.04 Å². The van der Waals surface area contributed by atoms with E-state index in [1.807, 2.05) is 0 Å². The molecule has 1 heterocycles. The van der Waals surface area contributed by atoms with Crippen LogP contribution in [0.3, 0.4) is 0 Å². The Hall–Kier alpha value is -1.68. The second-order valence-corrected chi connectivity index (χ2v) is 5.70. The maximum Gasteiger partial charge on any atom is 0.233 e. The number of hydrogen-bond donors (Lipinski definition) is 1. The number of aryl methyl sites for hydroxylation is 3. The number of nitrogens with two attached hydrogens (primary N) is 1. The van der Waals surface area contributed by atoms with Gasteiger partial charge in [0.25, 0.3) is 0 Å². The summed E-state index contributed by atoms with van der Waals surface area (Å²) in [5.74, 6) is 1.74. The highest BCUT2D eigenvalue weighted by Gasteiger charge is 2.15. The highest BCUT2D eigenvalue weighted by Crippen LogP contribution is 2.18. The maximum absolute atomic E-state index is 6.04. The van der Waals surface area contributed by atoms with Gasteiger partial charge in [0.05, 0.1) is 6.04 Å². The van der Waals surface area contributed by atoms with Gasteiger partial charge in [-0.1, -0.05) is 38.1 Å². The maximum atomic E-state index is 6.04. The van der Waals surface area contributed by atoms with Crippen LogP contribution < -0.4 is 5.73 Å². The van der Waals surface area contributed by atoms with E-state index in [2.05, 4.69) is 55.2 Å². The molecule has 0 radical (unpaired) electrons. The van der Waals surface area contributed by atoms with E-state index in [9.17, 15) is 0 Å². The molecule has 2 aromatic rings. The summed E-state index contributed by atoms with van der Waals surface area (Å²) in [4.78, 5) is 0. The Bertz CT molecular complexity index is 548. The molecule has 4 heteroatoms. The van der Waals surface area contributed by atoms with Gasteiger partial charge in [-0.05, 0) is 36.8 Å². The minimum absolute atomic E-state index is 0.158. The predicted octanol–water partition coefficient (Wildman–Crippen LogP) is 3.21. The van der Waals surface area contributed by atoms with Crippen LogP contribution in [-0.2, 0) is 12.8 Å². The lowest BCUT2D eigenvalue weighted by Gasteiger charge is -2.08. The molecule has 1 aromatic carbocycles. The van der Waals surface area contributed by atoms with Crippen LogP contribution >= 0.6 is 0 Å². The average molecular weight is 273 g/mol. The van der Waals surface area contributed by atoms with Gasteiger partial charge < -0.3 is 10.2 Å². The molecule has 1 atom stereocenters. The number of hydrogen-bond acceptors (Lipinski definition) is 4. The molecule has 4 nitrogen and oxygen atoms in total. The molecular formula is C16H23N3O. The van der Waals surface area contributed by atoms with Crippen molar-refractivity contribution < 1.29 is 4.42 Å². The summed E-state index contributed by atoms with van der Waals surface area (Å²) < 4.78 is 5.66. The van der Waals surface area contributed by atoms with Crippen LogP contribution in [0.4, 0.5) is 0 Å². The molecule has 1 unspecified atom stereocenters. The molecule has 0 amide bonds. The monoisotopic (exact) mass is 273 g/mol. The normalized spacial score (nSPS) is 12.8. The second-order valence-electron chi connectivity index (χ2n) is 5.70. The second kappa shape index (κ2) is 6.66. The van der Waals surface area contributed by atoms with Crippen molar-refractivity contribution in [1.29, 1.82) is 0 Å². The first-order chi connectivity index (χ1) is 9.56. The van der Waals surface area contributed by atoms with E-state index in [1.54, 1.807) is 0 Å². The molecule has 0 aliphatic heterocycles. The quantitative estimate of drug-likeness (QED) is 0.877. The van der Waals surface area contributed by atoms with E-state index in [0.717, 1.165) is 19.3 Å². The summed E-state index contributed by atoms with van der Waals surface area (Å²) in [6, 6.07) is 8.20. The third-order valence-corrected chi connectivity index (χ3v) is 3.39. The van der Waals surface area contributed by atoms with Crippen molar-refractivity contribution in [1.82, 2.24) is 10.2 Å². The van der Waals surface area contributed by atoms with Crippen molar-refractivity contribution >= 4 is 0 Å². The molecule has 2 N–H and O–H groups in total. The first kappa shape index (κ1) is 14.7. The van der Waals surface area contributed by atoms with Crippen molar-refractivity contribution in [3.05, 3.63) is 47.2 Å². The number of benzene rings is 1. The zero-order valence-corrected chi connectivity index (χ0v) is 12.5. The standard InChI is InChI=1S/C16H23N3O/c1-11(2)10-14(17)16-19-18-15(20-16)9-8-13-7-5-4-6-12(13)3/h4-7,11,14H,8-10,17H2,1-3H3. The molecular weight excluding hydrogens is 250 g/mol. The van der Waals surface area contributed by atoms with E-state index >= 15 is 0 Å². The fourth-order valence-electron chi connectivity index (χ4n) is 2.26. The minimum atomic E-state index is -0.158. The highest BCUT2D eigenvalue weighted by molar-refractivity contribution is 5.25. The minimum Gasteiger partial charge on any atom is -0.424 e. The Kier molecular flexibility index (Phi) is 4.90. The molecule has 0 spiro atoms. The molecule has 0 saturated heterocycles. The first-order valence-electron chi connectivity index (χ1n) is 7.18. The molecule has 0 fully saturated rings. The van der Waals surface area contributed by atoms with Gasteiger partial charge >= 0.3 is 0 Å². The fraction of sp³-hybridized carbons (Fsp3) is 0.500. The Morgan fingerprint density at radius 3 is 2.60 bits per heavy atom. The van der Waals surface area contributed by atoms with Gasteiger partial charge in [0.15, 0.2) is 0 Å². The molecule has 2 rings (SSSR count). The molecule has 0 aliphatic carbocycles. The predicted molar refractivity (Wildman–Crippen MR) is 79.3 cm³/mol. The lowest BCUT2D eigenvalue weighted by Crippen LogP contribution is -2.13. The average Bonchev–Trinajstić information content (AvgIpc) is 2.86. The van der Waals surface area contributed by atoms with Gasteiger partial charge in [0, 0.05) is 6.42 Å². The summed E-state index contributed by atoms with van der Waals surface area (Å²) in [7, 11) is 0. The van der Waals surface area contributed by atoms with E-state index in [1.165, 1.54) is 11.1 Å². The van der Waals surface area contributed by atoms with Gasteiger partial charge in [-0.15, -0.1) is 10.2 Å². The van der Waals surface area contributed by atoms with Gasteiger partial charge in [0.1, 0.15) is 0 Å². The molecule has 0 bridgehead atoms. The highest BCUT2D eigenvalue weighted by atomic mass is 16.4. The molecule has 20 heavy (non-hydrogen) atoms. The Morgan fingerprint density at radius 2 is 1.90 bits per heavy atom. The topological polar surface area (TPSA) is 64.9 Å². The van der Waals surface area contributed by atoms with Crippen molar-refractivity contribution in [2.45, 2.75) is 46.1 Å². The van der Waals surface area contributed by atoms with Crippen LogP contribution in [0.15, 0.2) is 28.7 Å². The van der Waals surface area contributed by atoms with Crippen molar-refractivity contribution in [3.8, 4) is 0 Å². The van der Waals surface area contributed by atoms with E-state index < -0.39 is 0 Å². The summed E-state index contributed by atoms with van der Waals surface area (Å²) in [5, 5.41) is 8.15. The Morgan fingerprint density at radius 1 is 1.15 bits per heavy atom. The van der Waals surface area contributed by atoms with Gasteiger partial charge in [-0.25, -0.2) is 0 Å². The number of aromatic nitrogens is 2. The lowest BCUT2D eigenvalue weighted by molar-refractivity contribution is 0.383. The summed E-state index contributed by atoms with van der Waals surface area (Å²) in [6.07, 6.45) is 2.53. The molecule has 0 saturated carbocycles. The van der Waals surface area contributed by atoms with Crippen LogP contribution in [0, 0.1) is 12.8 Å². The zero-order chi connectivity index (χ0) is 14.5. The first-order valence-corrected chi connectivity index (χ1v) is 7.18. The van der Waals surface area contributed by atoms with Gasteiger partial charge in [-0.3, -0.25) is 0 Å². The summed E-state index contributed by atoms with van der Waals surface area (Å²) in [6.45, 7) is 6.39. The lowest BCUT2D eigenvalue weighted by atomic mass is 10.0. The fourth-order valence-corrected chi connectivity index (χ4v) is 2.26. The summed E-state index contributed by atoms with van der Waals surface area (Å²) in [5.41, 5.74) is 8.66. The van der Waals surface area contributed by atoms with Crippen molar-refractivity contribution in [3.63, 3.8) is 0 Å². The summed E-state index contributed by atoms with van der Waals surface area (Å²) >= 11 is 0. The smallest absolute Gasteiger partial charge is 0.233 e. The Labute approximate surface area is 120 Å². The van der Waals surface area contributed by atoms with Crippen molar-refractivity contribution in [2.75, 3.05) is 0 Å². The zero-order valence-electron chi connectivity index (χ0n) is 12.5. The van der Waals surface area contributed by atoms with Crippen LogP contribution in [0.1, 0.15) is 49.2 Å². The number of rotatable bonds is 6. The molecule has 1 aromatic heterocycles.